The highest BCUT2D eigenvalue weighted by molar-refractivity contribution is 14.0. The molecule has 1 heterocycles. The first-order valence-electron chi connectivity index (χ1n) is 10.6. The van der Waals surface area contributed by atoms with Gasteiger partial charge in [0.2, 0.25) is 0 Å². The van der Waals surface area contributed by atoms with E-state index in [2.05, 4.69) is 69.9 Å². The highest BCUT2D eigenvalue weighted by Gasteiger charge is 2.10. The summed E-state index contributed by atoms with van der Waals surface area (Å²) >= 11 is 0. The number of rotatable bonds is 8. The van der Waals surface area contributed by atoms with Crippen molar-refractivity contribution < 1.29 is 9.47 Å². The molecule has 1 aliphatic rings. The minimum atomic E-state index is 0. The van der Waals surface area contributed by atoms with Crippen molar-refractivity contribution in [1.82, 2.24) is 15.5 Å². The minimum Gasteiger partial charge on any atom is -0.496 e. The van der Waals surface area contributed by atoms with Crippen LogP contribution in [0.3, 0.4) is 0 Å². The summed E-state index contributed by atoms with van der Waals surface area (Å²) in [6.45, 7) is 8.31. The monoisotopic (exact) mass is 538 g/mol. The summed E-state index contributed by atoms with van der Waals surface area (Å²) in [4.78, 5) is 6.76. The van der Waals surface area contributed by atoms with Crippen molar-refractivity contribution in [1.29, 1.82) is 0 Å². The number of morpholine rings is 1. The van der Waals surface area contributed by atoms with Gasteiger partial charge in [-0.2, -0.15) is 0 Å². The molecule has 0 aromatic heterocycles. The van der Waals surface area contributed by atoms with Crippen LogP contribution < -0.4 is 15.4 Å². The van der Waals surface area contributed by atoms with Gasteiger partial charge in [-0.15, -0.1) is 24.0 Å². The molecule has 2 N–H and O–H groups in total. The van der Waals surface area contributed by atoms with Crippen molar-refractivity contribution in [2.75, 3.05) is 47.0 Å². The van der Waals surface area contributed by atoms with Crippen LogP contribution in [0.1, 0.15) is 22.3 Å². The first-order chi connectivity index (χ1) is 14.7. The van der Waals surface area contributed by atoms with Crippen molar-refractivity contribution in [3.8, 4) is 5.75 Å². The predicted molar refractivity (Wildman–Crippen MR) is 138 cm³/mol. The smallest absolute Gasteiger partial charge is 0.191 e. The summed E-state index contributed by atoms with van der Waals surface area (Å²) in [6, 6.07) is 15.2. The molecule has 0 saturated carbocycles. The lowest BCUT2D eigenvalue weighted by Gasteiger charge is -2.26. The summed E-state index contributed by atoms with van der Waals surface area (Å²) in [5.74, 6) is 1.75. The second kappa shape index (κ2) is 13.5. The lowest BCUT2D eigenvalue weighted by atomic mass is 10.1. The third-order valence-electron chi connectivity index (χ3n) is 5.40. The fourth-order valence-electron chi connectivity index (χ4n) is 3.53. The number of hydrogen-bond donors (Lipinski definition) is 2. The van der Waals surface area contributed by atoms with E-state index in [9.17, 15) is 0 Å². The Hall–Kier alpha value is -1.84. The van der Waals surface area contributed by atoms with Crippen LogP contribution in [0.5, 0.6) is 5.75 Å². The normalized spacial score (nSPS) is 14.6. The van der Waals surface area contributed by atoms with E-state index in [0.29, 0.717) is 0 Å². The van der Waals surface area contributed by atoms with Crippen LogP contribution in [-0.2, 0) is 24.2 Å². The van der Waals surface area contributed by atoms with Gasteiger partial charge in [0.15, 0.2) is 5.96 Å². The van der Waals surface area contributed by atoms with E-state index in [4.69, 9.17) is 9.47 Å². The molecule has 1 fully saturated rings. The van der Waals surface area contributed by atoms with E-state index in [1.165, 1.54) is 16.7 Å². The van der Waals surface area contributed by atoms with E-state index in [1.54, 1.807) is 14.2 Å². The number of nitrogens with one attached hydrogen (secondary N) is 2. The lowest BCUT2D eigenvalue weighted by Crippen LogP contribution is -2.37. The van der Waals surface area contributed by atoms with Gasteiger partial charge in [0.25, 0.3) is 0 Å². The van der Waals surface area contributed by atoms with Gasteiger partial charge in [0, 0.05) is 39.8 Å². The van der Waals surface area contributed by atoms with Gasteiger partial charge in [-0.05, 0) is 41.7 Å². The Balaban J connectivity index is 0.00000341. The van der Waals surface area contributed by atoms with Crippen LogP contribution in [0.4, 0.5) is 0 Å². The summed E-state index contributed by atoms with van der Waals surface area (Å²) in [5.41, 5.74) is 4.99. The minimum absolute atomic E-state index is 0. The maximum atomic E-state index is 5.42. The number of aliphatic imine (C=N–C) groups is 1. The number of halogens is 1. The summed E-state index contributed by atoms with van der Waals surface area (Å²) in [7, 11) is 3.51. The third-order valence-corrected chi connectivity index (χ3v) is 5.40. The van der Waals surface area contributed by atoms with E-state index >= 15 is 0 Å². The molecule has 0 radical (unpaired) electrons. The van der Waals surface area contributed by atoms with Crippen molar-refractivity contribution >= 4 is 29.9 Å². The third kappa shape index (κ3) is 8.31. The van der Waals surface area contributed by atoms with Crippen molar-refractivity contribution in [3.63, 3.8) is 0 Å². The zero-order valence-electron chi connectivity index (χ0n) is 18.8. The molecule has 1 aliphatic heterocycles. The topological polar surface area (TPSA) is 58.1 Å². The van der Waals surface area contributed by atoms with Crippen LogP contribution in [0.2, 0.25) is 0 Å². The molecule has 2 aromatic carbocycles. The van der Waals surface area contributed by atoms with Crippen LogP contribution in [-0.4, -0.2) is 57.9 Å². The summed E-state index contributed by atoms with van der Waals surface area (Å²) < 4.78 is 10.8. The number of methoxy groups -OCH3 is 1. The van der Waals surface area contributed by atoms with Crippen molar-refractivity contribution in [3.05, 3.63) is 64.7 Å². The van der Waals surface area contributed by atoms with Crippen molar-refractivity contribution in [2.24, 2.45) is 4.99 Å². The zero-order chi connectivity index (χ0) is 21.2. The number of benzene rings is 2. The lowest BCUT2D eigenvalue weighted by molar-refractivity contribution is 0.0342. The molecule has 0 spiro atoms. The molecule has 2 aromatic rings. The number of guanidine groups is 1. The second-order valence-corrected chi connectivity index (χ2v) is 7.61. The van der Waals surface area contributed by atoms with Crippen LogP contribution >= 0.6 is 24.0 Å². The largest absolute Gasteiger partial charge is 0.496 e. The van der Waals surface area contributed by atoms with Gasteiger partial charge >= 0.3 is 0 Å². The van der Waals surface area contributed by atoms with E-state index in [-0.39, 0.29) is 24.0 Å². The SMILES string of the molecule is CN=C(NCCc1ccc(C)c(OC)c1)NCc1ccc(CN2CCOCC2)cc1.I. The zero-order valence-corrected chi connectivity index (χ0v) is 21.1. The highest BCUT2D eigenvalue weighted by atomic mass is 127. The van der Waals surface area contributed by atoms with E-state index < -0.39 is 0 Å². The quantitative estimate of drug-likeness (QED) is 0.307. The molecule has 6 nitrogen and oxygen atoms in total. The van der Waals surface area contributed by atoms with Gasteiger partial charge < -0.3 is 20.1 Å². The molecule has 0 unspecified atom stereocenters. The highest BCUT2D eigenvalue weighted by Crippen LogP contribution is 2.19. The number of hydrogen-bond acceptors (Lipinski definition) is 4. The molecular weight excluding hydrogens is 503 g/mol. The second-order valence-electron chi connectivity index (χ2n) is 7.61. The molecule has 0 amide bonds. The first kappa shape index (κ1) is 25.4. The maximum Gasteiger partial charge on any atom is 0.191 e. The Morgan fingerprint density at radius 3 is 2.39 bits per heavy atom. The fraction of sp³-hybridized carbons (Fsp3) is 0.458. The Labute approximate surface area is 203 Å². The average Bonchev–Trinajstić information content (AvgIpc) is 2.79. The molecule has 0 atom stereocenters. The number of nitrogens with zero attached hydrogens (tertiary/aromatic N) is 2. The van der Waals surface area contributed by atoms with E-state index in [1.807, 2.05) is 0 Å². The molecule has 31 heavy (non-hydrogen) atoms. The average molecular weight is 538 g/mol. The molecule has 3 rings (SSSR count). The predicted octanol–water partition coefficient (Wildman–Crippen LogP) is 3.36. The Morgan fingerprint density at radius 1 is 1.03 bits per heavy atom. The van der Waals surface area contributed by atoms with Gasteiger partial charge in [-0.25, -0.2) is 0 Å². The molecule has 170 valence electrons. The number of ether oxygens (including phenoxy) is 2. The fourth-order valence-corrected chi connectivity index (χ4v) is 3.53. The van der Waals surface area contributed by atoms with Crippen LogP contribution in [0, 0.1) is 6.92 Å². The Kier molecular flexibility index (Phi) is 11.1. The van der Waals surface area contributed by atoms with Crippen LogP contribution in [0.15, 0.2) is 47.5 Å². The van der Waals surface area contributed by atoms with Gasteiger partial charge in [0.05, 0.1) is 20.3 Å². The Morgan fingerprint density at radius 2 is 1.71 bits per heavy atom. The van der Waals surface area contributed by atoms with Gasteiger partial charge in [-0.1, -0.05) is 36.4 Å². The molecule has 0 aliphatic carbocycles. The molecule has 1 saturated heterocycles. The Bertz CT molecular complexity index is 821. The van der Waals surface area contributed by atoms with E-state index in [0.717, 1.165) is 69.6 Å². The first-order valence-corrected chi connectivity index (χ1v) is 10.6. The standard InChI is InChI=1S/C24H34N4O2.HI/c1-19-4-5-20(16-23(19)29-3)10-11-26-24(25-2)27-17-21-6-8-22(9-7-21)18-28-12-14-30-15-13-28;/h4-9,16H,10-15,17-18H2,1-3H3,(H2,25,26,27);1H. The van der Waals surface area contributed by atoms with Gasteiger partial charge in [0.1, 0.15) is 5.75 Å². The molecule has 0 bridgehead atoms. The summed E-state index contributed by atoms with van der Waals surface area (Å²) in [6.07, 6.45) is 0.910. The maximum absolute atomic E-state index is 5.42. The number of aryl methyl sites for hydroxylation is 1. The van der Waals surface area contributed by atoms with Crippen LogP contribution in [0.25, 0.3) is 0 Å². The van der Waals surface area contributed by atoms with Crippen molar-refractivity contribution in [2.45, 2.75) is 26.4 Å². The van der Waals surface area contributed by atoms with Gasteiger partial charge in [-0.3, -0.25) is 9.89 Å². The molecule has 7 heteroatoms. The molecular formula is C24H35IN4O2. The summed E-state index contributed by atoms with van der Waals surface area (Å²) in [5, 5.41) is 6.78.